The molecule has 2 aliphatic carbocycles. The van der Waals surface area contributed by atoms with E-state index in [0.29, 0.717) is 30.0 Å². The minimum atomic E-state index is -0.274. The highest BCUT2D eigenvalue weighted by Gasteiger charge is 2.42. The number of ketones is 1. The molecule has 1 aromatic rings. The molecule has 3 atom stereocenters. The average Bonchev–Trinajstić information content (AvgIpc) is 2.72. The van der Waals surface area contributed by atoms with Crippen molar-refractivity contribution >= 4 is 23.4 Å². The van der Waals surface area contributed by atoms with E-state index >= 15 is 0 Å². The number of Topliss-reactive ketones (excluding diaryl/α,β-unsaturated/α-hetero) is 1. The van der Waals surface area contributed by atoms with Crippen LogP contribution in [0.4, 0.5) is 0 Å². The molecular weight excluding hydrogens is 380 g/mol. The van der Waals surface area contributed by atoms with E-state index < -0.39 is 0 Å². The van der Waals surface area contributed by atoms with Crippen LogP contribution in [0, 0.1) is 11.8 Å². The SMILES string of the molecule is O=C(OC1CCC2C(=O)C(Oc3ccccc3Cl)=COC2C1)C1CCCCC1. The summed E-state index contributed by atoms with van der Waals surface area (Å²) in [5.74, 6) is 0.215. The minimum absolute atomic E-state index is 0.0379. The molecule has 150 valence electrons. The normalized spacial score (nSPS) is 28.0. The Labute approximate surface area is 170 Å². The average molecular weight is 405 g/mol. The molecule has 1 aromatic carbocycles. The van der Waals surface area contributed by atoms with Crippen molar-refractivity contribution in [2.45, 2.75) is 63.6 Å². The maximum atomic E-state index is 12.8. The predicted octanol–water partition coefficient (Wildman–Crippen LogP) is 4.82. The summed E-state index contributed by atoms with van der Waals surface area (Å²) in [6.45, 7) is 0. The van der Waals surface area contributed by atoms with Crippen LogP contribution in [-0.4, -0.2) is 24.0 Å². The number of benzene rings is 1. The van der Waals surface area contributed by atoms with Crippen molar-refractivity contribution < 1.29 is 23.8 Å². The van der Waals surface area contributed by atoms with Crippen LogP contribution in [0.3, 0.4) is 0 Å². The van der Waals surface area contributed by atoms with Gasteiger partial charge < -0.3 is 14.2 Å². The van der Waals surface area contributed by atoms with Gasteiger partial charge in [-0.2, -0.15) is 0 Å². The summed E-state index contributed by atoms with van der Waals surface area (Å²) in [4.78, 5) is 25.2. The van der Waals surface area contributed by atoms with Crippen molar-refractivity contribution in [1.82, 2.24) is 0 Å². The molecule has 3 unspecified atom stereocenters. The molecule has 1 heterocycles. The molecule has 5 nitrogen and oxygen atoms in total. The van der Waals surface area contributed by atoms with Gasteiger partial charge in [-0.05, 0) is 37.8 Å². The van der Waals surface area contributed by atoms with Gasteiger partial charge in [0.2, 0.25) is 11.5 Å². The van der Waals surface area contributed by atoms with Gasteiger partial charge in [0.25, 0.3) is 0 Å². The number of rotatable bonds is 4. The highest BCUT2D eigenvalue weighted by molar-refractivity contribution is 6.32. The molecule has 1 aliphatic heterocycles. The number of para-hydroxylation sites is 1. The first-order valence-electron chi connectivity index (χ1n) is 10.1. The standard InChI is InChI=1S/C22H25ClO5/c23-17-8-4-5-9-18(17)28-20-13-26-19-12-15(10-11-16(19)21(20)24)27-22(25)14-6-2-1-3-7-14/h4-5,8-9,13-16,19H,1-3,6-7,10-12H2. The lowest BCUT2D eigenvalue weighted by Crippen LogP contribution is -2.43. The highest BCUT2D eigenvalue weighted by atomic mass is 35.5. The van der Waals surface area contributed by atoms with Crippen molar-refractivity contribution in [2.75, 3.05) is 0 Å². The molecule has 6 heteroatoms. The Balaban J connectivity index is 1.36. The molecule has 2 fully saturated rings. The van der Waals surface area contributed by atoms with E-state index in [4.69, 9.17) is 25.8 Å². The first kappa shape index (κ1) is 19.3. The lowest BCUT2D eigenvalue weighted by molar-refractivity contribution is -0.160. The smallest absolute Gasteiger partial charge is 0.309 e. The molecule has 0 aromatic heterocycles. The lowest BCUT2D eigenvalue weighted by Gasteiger charge is -2.37. The van der Waals surface area contributed by atoms with Crippen LogP contribution in [0.5, 0.6) is 5.75 Å². The number of allylic oxidation sites excluding steroid dienone is 1. The molecule has 0 saturated heterocycles. The molecule has 2 saturated carbocycles. The van der Waals surface area contributed by atoms with Crippen molar-refractivity contribution in [3.8, 4) is 5.75 Å². The summed E-state index contributed by atoms with van der Waals surface area (Å²) in [7, 11) is 0. The maximum Gasteiger partial charge on any atom is 0.309 e. The van der Waals surface area contributed by atoms with Gasteiger partial charge in [-0.3, -0.25) is 9.59 Å². The highest BCUT2D eigenvalue weighted by Crippen LogP contribution is 2.36. The molecule has 0 amide bonds. The summed E-state index contributed by atoms with van der Waals surface area (Å²) in [5, 5.41) is 0.441. The first-order valence-corrected chi connectivity index (χ1v) is 10.5. The zero-order valence-electron chi connectivity index (χ0n) is 15.8. The van der Waals surface area contributed by atoms with Gasteiger partial charge in [0, 0.05) is 6.42 Å². The second-order valence-corrected chi connectivity index (χ2v) is 8.27. The van der Waals surface area contributed by atoms with Gasteiger partial charge >= 0.3 is 5.97 Å². The van der Waals surface area contributed by atoms with Crippen LogP contribution in [0.15, 0.2) is 36.3 Å². The van der Waals surface area contributed by atoms with E-state index in [1.165, 1.54) is 12.7 Å². The summed E-state index contributed by atoms with van der Waals surface area (Å²) < 4.78 is 17.2. The summed E-state index contributed by atoms with van der Waals surface area (Å²) >= 11 is 6.11. The summed E-state index contributed by atoms with van der Waals surface area (Å²) in [5.41, 5.74) is 0. The summed E-state index contributed by atoms with van der Waals surface area (Å²) in [6, 6.07) is 7.02. The van der Waals surface area contributed by atoms with Gasteiger partial charge in [-0.25, -0.2) is 0 Å². The minimum Gasteiger partial charge on any atom is -0.493 e. The zero-order valence-corrected chi connectivity index (χ0v) is 16.5. The van der Waals surface area contributed by atoms with Gasteiger partial charge in [0.05, 0.1) is 16.9 Å². The Hall–Kier alpha value is -2.01. The van der Waals surface area contributed by atoms with Gasteiger partial charge in [-0.1, -0.05) is 43.0 Å². The number of fused-ring (bicyclic) bond motifs is 1. The Morgan fingerprint density at radius 3 is 2.64 bits per heavy atom. The van der Waals surface area contributed by atoms with Crippen molar-refractivity contribution in [1.29, 1.82) is 0 Å². The third-order valence-electron chi connectivity index (χ3n) is 5.95. The Bertz CT molecular complexity index is 768. The van der Waals surface area contributed by atoms with E-state index in [9.17, 15) is 9.59 Å². The maximum absolute atomic E-state index is 12.8. The third-order valence-corrected chi connectivity index (χ3v) is 6.26. The number of halogens is 1. The number of hydrogen-bond acceptors (Lipinski definition) is 5. The molecular formula is C22H25ClO5. The molecule has 0 spiro atoms. The second-order valence-electron chi connectivity index (χ2n) is 7.87. The molecule has 0 bridgehead atoms. The Morgan fingerprint density at radius 1 is 1.07 bits per heavy atom. The first-order chi connectivity index (χ1) is 13.6. The molecule has 4 rings (SSSR count). The Kier molecular flexibility index (Phi) is 5.90. The van der Waals surface area contributed by atoms with E-state index in [1.54, 1.807) is 24.3 Å². The molecule has 0 N–H and O–H groups in total. The lowest BCUT2D eigenvalue weighted by atomic mass is 9.80. The van der Waals surface area contributed by atoms with Gasteiger partial charge in [-0.15, -0.1) is 0 Å². The summed E-state index contributed by atoms with van der Waals surface area (Å²) in [6.07, 6.45) is 8.03. The van der Waals surface area contributed by atoms with E-state index in [1.807, 2.05) is 0 Å². The molecule has 0 radical (unpaired) electrons. The van der Waals surface area contributed by atoms with Crippen LogP contribution < -0.4 is 4.74 Å². The Morgan fingerprint density at radius 2 is 1.86 bits per heavy atom. The van der Waals surface area contributed by atoms with E-state index in [0.717, 1.165) is 25.7 Å². The zero-order chi connectivity index (χ0) is 19.5. The van der Waals surface area contributed by atoms with Crippen LogP contribution in [0.2, 0.25) is 5.02 Å². The predicted molar refractivity (Wildman–Crippen MR) is 104 cm³/mol. The van der Waals surface area contributed by atoms with Crippen LogP contribution in [-0.2, 0) is 19.1 Å². The number of hydrogen-bond donors (Lipinski definition) is 0. The van der Waals surface area contributed by atoms with Crippen LogP contribution in [0.1, 0.15) is 51.4 Å². The number of ether oxygens (including phenoxy) is 3. The largest absolute Gasteiger partial charge is 0.493 e. The van der Waals surface area contributed by atoms with Crippen molar-refractivity contribution in [2.24, 2.45) is 11.8 Å². The fourth-order valence-corrected chi connectivity index (χ4v) is 4.53. The van der Waals surface area contributed by atoms with E-state index in [2.05, 4.69) is 0 Å². The monoisotopic (exact) mass is 404 g/mol. The molecule has 3 aliphatic rings. The molecule has 28 heavy (non-hydrogen) atoms. The van der Waals surface area contributed by atoms with Gasteiger partial charge in [0.1, 0.15) is 24.2 Å². The van der Waals surface area contributed by atoms with E-state index in [-0.39, 0.29) is 41.6 Å². The third kappa shape index (κ3) is 4.19. The van der Waals surface area contributed by atoms with Crippen LogP contribution >= 0.6 is 11.6 Å². The quantitative estimate of drug-likeness (QED) is 0.673. The number of esters is 1. The number of carbonyl (C=O) groups excluding carboxylic acids is 2. The fourth-order valence-electron chi connectivity index (χ4n) is 4.36. The fraction of sp³-hybridized carbons (Fsp3) is 0.545. The van der Waals surface area contributed by atoms with Gasteiger partial charge in [0.15, 0.2) is 0 Å². The number of carbonyl (C=O) groups is 2. The van der Waals surface area contributed by atoms with Crippen molar-refractivity contribution in [3.05, 3.63) is 41.3 Å². The van der Waals surface area contributed by atoms with Crippen LogP contribution in [0.25, 0.3) is 0 Å². The second kappa shape index (κ2) is 8.56. The topological polar surface area (TPSA) is 61.8 Å². The van der Waals surface area contributed by atoms with Crippen molar-refractivity contribution in [3.63, 3.8) is 0 Å².